The maximum atomic E-state index is 14.7. The van der Waals surface area contributed by atoms with Gasteiger partial charge in [0.2, 0.25) is 11.8 Å². The summed E-state index contributed by atoms with van der Waals surface area (Å²) in [7, 11) is 3.32. The van der Waals surface area contributed by atoms with Gasteiger partial charge in [-0.2, -0.15) is 0 Å². The summed E-state index contributed by atoms with van der Waals surface area (Å²) in [5.74, 6) is -1.51. The van der Waals surface area contributed by atoms with Crippen molar-refractivity contribution in [3.63, 3.8) is 0 Å². The Labute approximate surface area is 409 Å². The van der Waals surface area contributed by atoms with E-state index in [0.29, 0.717) is 62.9 Å². The van der Waals surface area contributed by atoms with E-state index in [9.17, 15) is 24.0 Å². The normalized spacial score (nSPS) is 22.9. The molecular formula is C52H69N9O7S. The molecule has 17 heteroatoms. The number of amides is 5. The summed E-state index contributed by atoms with van der Waals surface area (Å²) < 4.78 is 14.3. The molecule has 6 bridgehead atoms. The molecule has 16 nitrogen and oxygen atoms in total. The Morgan fingerprint density at radius 1 is 1.10 bits per heavy atom. The van der Waals surface area contributed by atoms with Gasteiger partial charge in [-0.25, -0.2) is 15.2 Å². The summed E-state index contributed by atoms with van der Waals surface area (Å²) in [5.41, 5.74) is 9.29. The monoisotopic (exact) mass is 964 g/mol. The van der Waals surface area contributed by atoms with E-state index in [1.54, 1.807) is 25.3 Å². The van der Waals surface area contributed by atoms with Crippen LogP contribution in [0.1, 0.15) is 96.0 Å². The molecule has 7 heterocycles. The van der Waals surface area contributed by atoms with Crippen molar-refractivity contribution in [1.82, 2.24) is 45.0 Å². The van der Waals surface area contributed by atoms with E-state index >= 15 is 0 Å². The van der Waals surface area contributed by atoms with Gasteiger partial charge in [0, 0.05) is 92.3 Å². The molecule has 3 saturated heterocycles. The van der Waals surface area contributed by atoms with Crippen LogP contribution in [0, 0.1) is 17.3 Å². The third kappa shape index (κ3) is 10.2. The van der Waals surface area contributed by atoms with Gasteiger partial charge in [-0.15, -0.1) is 11.3 Å². The third-order valence-corrected chi connectivity index (χ3v) is 15.5. The molecule has 6 atom stereocenters. The first-order valence-electron chi connectivity index (χ1n) is 24.6. The zero-order chi connectivity index (χ0) is 49.3. The number of methoxy groups -OCH3 is 1. The van der Waals surface area contributed by atoms with Crippen molar-refractivity contribution in [3.05, 3.63) is 70.8 Å². The van der Waals surface area contributed by atoms with Crippen molar-refractivity contribution in [2.24, 2.45) is 17.3 Å². The molecule has 370 valence electrons. The zero-order valence-corrected chi connectivity index (χ0v) is 42.3. The Hall–Kier alpha value is -5.65. The Kier molecular flexibility index (Phi) is 15.0. The molecule has 1 aromatic carbocycles. The number of likely N-dealkylation sites (tertiary alicyclic amines) is 2. The lowest BCUT2D eigenvalue weighted by atomic mass is 9.83. The summed E-state index contributed by atoms with van der Waals surface area (Å²) in [4.78, 5) is 85.5. The van der Waals surface area contributed by atoms with Crippen LogP contribution in [0.2, 0.25) is 0 Å². The summed E-state index contributed by atoms with van der Waals surface area (Å²) >= 11 is 1.41. The molecule has 3 aromatic heterocycles. The fraction of sp³-hybridized carbons (Fsp3) is 0.558. The maximum Gasteiger partial charge on any atom is 0.324 e. The molecule has 3 fully saturated rings. The summed E-state index contributed by atoms with van der Waals surface area (Å²) in [6.45, 7) is 18.4. The summed E-state index contributed by atoms with van der Waals surface area (Å²) in [5, 5.41) is 8.16. The number of hydrazine groups is 1. The van der Waals surface area contributed by atoms with Gasteiger partial charge in [0.1, 0.15) is 18.1 Å². The highest BCUT2D eigenvalue weighted by molar-refractivity contribution is 7.10. The number of rotatable bonds is 9. The second-order valence-electron chi connectivity index (χ2n) is 20.3. The molecule has 4 aromatic rings. The number of carbonyl (C=O) groups excluding carboxylic acids is 5. The van der Waals surface area contributed by atoms with Gasteiger partial charge in [-0.05, 0) is 100 Å². The first-order valence-corrected chi connectivity index (χ1v) is 25.5. The Morgan fingerprint density at radius 2 is 1.88 bits per heavy atom. The van der Waals surface area contributed by atoms with E-state index in [4.69, 9.17) is 19.4 Å². The summed E-state index contributed by atoms with van der Waals surface area (Å²) in [6.07, 6.45) is 7.20. The van der Waals surface area contributed by atoms with Crippen LogP contribution in [0.3, 0.4) is 0 Å². The molecular weight excluding hydrogens is 895 g/mol. The smallest absolute Gasteiger partial charge is 0.324 e. The Bertz CT molecular complexity index is 2590. The topological polar surface area (TPSA) is 172 Å². The summed E-state index contributed by atoms with van der Waals surface area (Å²) in [6, 6.07) is 7.19. The number of thiazole rings is 1. The molecule has 8 rings (SSSR count). The number of fused-ring (bicyclic) bond motifs is 7. The first-order chi connectivity index (χ1) is 33.0. The number of likely N-dealkylation sites (N-methyl/N-ethyl adjacent to an activating group) is 1. The second kappa shape index (κ2) is 20.7. The number of carbonyl (C=O) groups is 5. The van der Waals surface area contributed by atoms with Crippen molar-refractivity contribution >= 4 is 52.0 Å². The maximum absolute atomic E-state index is 14.7. The molecule has 0 aliphatic carbocycles. The number of ether oxygens (including phenoxy) is 2. The number of nitrogens with zero attached hydrogens (tertiary/aromatic N) is 7. The third-order valence-electron chi connectivity index (χ3n) is 14.6. The van der Waals surface area contributed by atoms with Gasteiger partial charge in [-0.1, -0.05) is 40.3 Å². The molecule has 0 unspecified atom stereocenters. The number of aryl methyl sites for hydroxylation is 1. The molecule has 4 aliphatic heterocycles. The van der Waals surface area contributed by atoms with E-state index in [2.05, 4.69) is 66.9 Å². The van der Waals surface area contributed by atoms with Crippen LogP contribution in [0.15, 0.2) is 54.6 Å². The van der Waals surface area contributed by atoms with Gasteiger partial charge in [0.25, 0.3) is 5.91 Å². The highest BCUT2D eigenvalue weighted by atomic mass is 32.1. The van der Waals surface area contributed by atoms with Gasteiger partial charge < -0.3 is 34.1 Å². The molecule has 0 saturated carbocycles. The number of cyclic esters (lactones) is 1. The number of nitrogens with one attached hydrogen (secondary N) is 2. The van der Waals surface area contributed by atoms with E-state index < -0.39 is 41.3 Å². The number of esters is 1. The predicted molar refractivity (Wildman–Crippen MR) is 266 cm³/mol. The standard InChI is InChI=1S/C52H69N9O7S/c1-10-44(62)60-22-13-15-33-20-24-58(28-42(33)60)51(66)57(8)46(31(3)4)48(63)55-39-26-43-54-40(29-69-43)34-18-19-41-36(25-34)37(47(59(41)11-2)35-16-12-21-53-45(35)32(5)67-9)27-52(6,7)30-68-50(65)38-17-14-23-61(56-38)49(39)64/h10,12,16,18-19,21,25,29,31-33,38-39,42,46,56H,1,11,13-15,17,20,22-24,26-28,30H2,2-9H3,(H,55,63)/t32-,33-,38-,39-,42-,46-/m0/s1. The second-order valence-corrected chi connectivity index (χ2v) is 21.2. The molecule has 5 amide bonds. The van der Waals surface area contributed by atoms with Crippen LogP contribution >= 0.6 is 11.3 Å². The van der Waals surface area contributed by atoms with Gasteiger partial charge in [0.05, 0.1) is 40.8 Å². The van der Waals surface area contributed by atoms with Crippen LogP contribution in [0.5, 0.6) is 0 Å². The van der Waals surface area contributed by atoms with Gasteiger partial charge in [-0.3, -0.25) is 29.2 Å². The molecule has 4 aliphatic rings. The number of hydrogen-bond acceptors (Lipinski definition) is 11. The van der Waals surface area contributed by atoms with E-state index in [-0.39, 0.29) is 43.0 Å². The van der Waals surface area contributed by atoms with Gasteiger partial charge in [0.15, 0.2) is 0 Å². The van der Waals surface area contributed by atoms with Crippen LogP contribution in [-0.4, -0.2) is 135 Å². The minimum absolute atomic E-state index is 0.0763. The minimum atomic E-state index is -1.09. The lowest BCUT2D eigenvalue weighted by molar-refractivity contribution is -0.155. The quantitative estimate of drug-likeness (QED) is 0.135. The Balaban J connectivity index is 1.13. The van der Waals surface area contributed by atoms with Crippen LogP contribution in [0.4, 0.5) is 4.79 Å². The zero-order valence-electron chi connectivity index (χ0n) is 41.5. The molecule has 0 radical (unpaired) electrons. The lowest BCUT2D eigenvalue weighted by Crippen LogP contribution is -2.63. The molecule has 69 heavy (non-hydrogen) atoms. The lowest BCUT2D eigenvalue weighted by Gasteiger charge is -2.48. The predicted octanol–water partition coefficient (Wildman–Crippen LogP) is 6.78. The van der Waals surface area contributed by atoms with Crippen LogP contribution < -0.4 is 10.7 Å². The number of aromatic nitrogens is 3. The number of benzene rings is 1. The Morgan fingerprint density at radius 3 is 2.62 bits per heavy atom. The number of urea groups is 1. The average Bonchev–Trinajstić information content (AvgIpc) is 3.95. The van der Waals surface area contributed by atoms with Crippen molar-refractivity contribution in [1.29, 1.82) is 0 Å². The highest BCUT2D eigenvalue weighted by Crippen LogP contribution is 2.42. The fourth-order valence-electron chi connectivity index (χ4n) is 11.0. The van der Waals surface area contributed by atoms with Crippen LogP contribution in [0.25, 0.3) is 33.4 Å². The van der Waals surface area contributed by atoms with Crippen LogP contribution in [-0.2, 0) is 48.0 Å². The number of piperidine rings is 2. The van der Waals surface area contributed by atoms with Crippen molar-refractivity contribution in [2.45, 2.75) is 123 Å². The largest absolute Gasteiger partial charge is 0.464 e. The number of pyridine rings is 1. The molecule has 2 N–H and O–H groups in total. The number of hydrogen-bond donors (Lipinski definition) is 2. The highest BCUT2D eigenvalue weighted by Gasteiger charge is 2.43. The minimum Gasteiger partial charge on any atom is -0.464 e. The van der Waals surface area contributed by atoms with Crippen molar-refractivity contribution < 1.29 is 33.4 Å². The molecule has 0 spiro atoms. The van der Waals surface area contributed by atoms with E-state index in [1.807, 2.05) is 37.1 Å². The first kappa shape index (κ1) is 49.8. The van der Waals surface area contributed by atoms with E-state index in [0.717, 1.165) is 63.9 Å². The van der Waals surface area contributed by atoms with Gasteiger partial charge >= 0.3 is 12.0 Å². The SMILES string of the molecule is C=CC(=O)N1CCC[C@H]2CCN(C(=O)N(C)[C@H](C(=O)N[C@H]3Cc4nc(cs4)-c4ccc5c(c4)c(c(-c4cccnc4[C@H](C)OC)n5CC)CC(C)(C)COC(=O)[C@@H]4CCCN(N4)C3=O)C(C)C)C[C@@H]21. The fourth-order valence-corrected chi connectivity index (χ4v) is 11.9. The van der Waals surface area contributed by atoms with E-state index in [1.165, 1.54) is 27.3 Å². The van der Waals surface area contributed by atoms with Crippen molar-refractivity contribution in [2.75, 3.05) is 46.9 Å². The average molecular weight is 964 g/mol. The van der Waals surface area contributed by atoms with Crippen molar-refractivity contribution in [3.8, 4) is 22.5 Å².